The van der Waals surface area contributed by atoms with E-state index >= 15 is 0 Å². The van der Waals surface area contributed by atoms with E-state index in [2.05, 4.69) is 36.3 Å². The second kappa shape index (κ2) is 6.43. The molecule has 21 heavy (non-hydrogen) atoms. The number of nitrogens with one attached hydrogen (secondary N) is 2. The van der Waals surface area contributed by atoms with E-state index in [1.54, 1.807) is 0 Å². The summed E-state index contributed by atoms with van der Waals surface area (Å²) < 4.78 is 5.48. The molecule has 0 spiro atoms. The second-order valence-corrected chi connectivity index (χ2v) is 5.88. The minimum Gasteiger partial charge on any atom is -0.493 e. The maximum absolute atomic E-state index is 11.8. The van der Waals surface area contributed by atoms with Crippen LogP contribution in [-0.4, -0.2) is 22.7 Å². The number of H-pyrrole nitrogens is 1. The molecule has 112 valence electrons. The average molecular weight is 287 g/mol. The van der Waals surface area contributed by atoms with Crippen molar-refractivity contribution in [1.29, 1.82) is 0 Å². The molecule has 5 nitrogen and oxygen atoms in total. The van der Waals surface area contributed by atoms with Gasteiger partial charge in [0.2, 0.25) is 5.91 Å². The first-order chi connectivity index (χ1) is 9.95. The first-order valence-corrected chi connectivity index (χ1v) is 6.99. The van der Waals surface area contributed by atoms with E-state index in [1.165, 1.54) is 0 Å². The minimum atomic E-state index is -0.113. The number of ether oxygens (including phenoxy) is 1. The first-order valence-electron chi connectivity index (χ1n) is 6.99. The molecule has 1 aromatic carbocycles. The van der Waals surface area contributed by atoms with Crippen molar-refractivity contribution < 1.29 is 9.53 Å². The van der Waals surface area contributed by atoms with Crippen molar-refractivity contribution in [2.24, 2.45) is 0 Å². The molecule has 2 aromatic rings. The van der Waals surface area contributed by atoms with Crippen LogP contribution < -0.4 is 10.1 Å². The molecular weight excluding hydrogens is 266 g/mol. The molecule has 0 fully saturated rings. The van der Waals surface area contributed by atoms with Gasteiger partial charge in [-0.15, -0.1) is 0 Å². The lowest BCUT2D eigenvalue weighted by atomic mass is 9.92. The molecule has 0 radical (unpaired) electrons. The van der Waals surface area contributed by atoms with Gasteiger partial charge >= 0.3 is 0 Å². The van der Waals surface area contributed by atoms with Crippen LogP contribution in [-0.2, 0) is 10.2 Å². The quantitative estimate of drug-likeness (QED) is 0.888. The third-order valence-electron chi connectivity index (χ3n) is 2.99. The summed E-state index contributed by atoms with van der Waals surface area (Å²) in [6, 6.07) is 11.3. The van der Waals surface area contributed by atoms with Gasteiger partial charge in [0, 0.05) is 17.2 Å². The van der Waals surface area contributed by atoms with Crippen LogP contribution in [0.2, 0.25) is 0 Å². The SMILES string of the molecule is CC(C)(C)c1cc(NC(=O)CCOc2ccccc2)n[nH]1. The molecule has 0 aliphatic rings. The molecule has 0 atom stereocenters. The Kier molecular flexibility index (Phi) is 4.62. The highest BCUT2D eigenvalue weighted by Gasteiger charge is 2.17. The van der Waals surface area contributed by atoms with E-state index in [9.17, 15) is 4.79 Å². The van der Waals surface area contributed by atoms with E-state index in [-0.39, 0.29) is 17.7 Å². The number of nitrogens with zero attached hydrogens (tertiary/aromatic N) is 1. The fraction of sp³-hybridized carbons (Fsp3) is 0.375. The van der Waals surface area contributed by atoms with Crippen molar-refractivity contribution in [3.05, 3.63) is 42.1 Å². The summed E-state index contributed by atoms with van der Waals surface area (Å²) in [5.41, 5.74) is 0.963. The van der Waals surface area contributed by atoms with Crippen molar-refractivity contribution >= 4 is 11.7 Å². The standard InChI is InChI=1S/C16H21N3O2/c1-16(2,3)13-11-14(19-18-13)17-15(20)9-10-21-12-7-5-4-6-8-12/h4-8,11H,9-10H2,1-3H3,(H2,17,18,19,20). The van der Waals surface area contributed by atoms with Gasteiger partial charge in [0.05, 0.1) is 13.0 Å². The lowest BCUT2D eigenvalue weighted by molar-refractivity contribution is -0.116. The molecule has 2 rings (SSSR count). The van der Waals surface area contributed by atoms with Gasteiger partial charge < -0.3 is 10.1 Å². The molecule has 5 heteroatoms. The fourth-order valence-corrected chi connectivity index (χ4v) is 1.75. The number of carbonyl (C=O) groups excluding carboxylic acids is 1. The highest BCUT2D eigenvalue weighted by Crippen LogP contribution is 2.21. The van der Waals surface area contributed by atoms with E-state index < -0.39 is 0 Å². The molecule has 0 saturated heterocycles. The van der Waals surface area contributed by atoms with Crippen LogP contribution in [0, 0.1) is 0 Å². The molecule has 1 heterocycles. The van der Waals surface area contributed by atoms with Gasteiger partial charge in [-0.25, -0.2) is 0 Å². The van der Waals surface area contributed by atoms with Gasteiger partial charge in [-0.3, -0.25) is 9.89 Å². The summed E-state index contributed by atoms with van der Waals surface area (Å²) in [5, 5.41) is 9.79. The van der Waals surface area contributed by atoms with Crippen molar-refractivity contribution in [3.8, 4) is 5.75 Å². The van der Waals surface area contributed by atoms with Crippen molar-refractivity contribution in [2.75, 3.05) is 11.9 Å². The summed E-state index contributed by atoms with van der Waals surface area (Å²) >= 11 is 0. The van der Waals surface area contributed by atoms with Crippen LogP contribution >= 0.6 is 0 Å². The molecular formula is C16H21N3O2. The molecule has 0 aliphatic heterocycles. The zero-order chi connectivity index (χ0) is 15.3. The Bertz CT molecular complexity index is 585. The van der Waals surface area contributed by atoms with Gasteiger partial charge in [-0.05, 0) is 12.1 Å². The molecule has 0 aliphatic carbocycles. The van der Waals surface area contributed by atoms with Crippen molar-refractivity contribution in [2.45, 2.75) is 32.6 Å². The van der Waals surface area contributed by atoms with E-state index in [0.717, 1.165) is 11.4 Å². The number of amides is 1. The number of rotatable bonds is 5. The number of hydrogen-bond acceptors (Lipinski definition) is 3. The average Bonchev–Trinajstić information content (AvgIpc) is 2.88. The predicted octanol–water partition coefficient (Wildman–Crippen LogP) is 3.11. The summed E-state index contributed by atoms with van der Waals surface area (Å²) in [5.74, 6) is 1.20. The Labute approximate surface area is 124 Å². The van der Waals surface area contributed by atoms with E-state index in [1.807, 2.05) is 36.4 Å². The first kappa shape index (κ1) is 15.1. The summed E-state index contributed by atoms with van der Waals surface area (Å²) in [7, 11) is 0. The summed E-state index contributed by atoms with van der Waals surface area (Å²) in [6.07, 6.45) is 0.284. The molecule has 2 N–H and O–H groups in total. The van der Waals surface area contributed by atoms with Crippen LogP contribution in [0.5, 0.6) is 5.75 Å². The van der Waals surface area contributed by atoms with Crippen LogP contribution in [0.3, 0.4) is 0 Å². The largest absolute Gasteiger partial charge is 0.493 e. The number of para-hydroxylation sites is 1. The van der Waals surface area contributed by atoms with Gasteiger partial charge in [0.25, 0.3) is 0 Å². The zero-order valence-electron chi connectivity index (χ0n) is 12.6. The van der Waals surface area contributed by atoms with Crippen LogP contribution in [0.25, 0.3) is 0 Å². The fourth-order valence-electron chi connectivity index (χ4n) is 1.75. The Balaban J connectivity index is 1.78. The Morgan fingerprint density at radius 3 is 2.62 bits per heavy atom. The smallest absolute Gasteiger partial charge is 0.229 e. The van der Waals surface area contributed by atoms with Gasteiger partial charge in [0.15, 0.2) is 5.82 Å². The number of hydrogen-bond donors (Lipinski definition) is 2. The van der Waals surface area contributed by atoms with Crippen LogP contribution in [0.1, 0.15) is 32.9 Å². The molecule has 1 aromatic heterocycles. The molecule has 1 amide bonds. The van der Waals surface area contributed by atoms with Crippen molar-refractivity contribution in [1.82, 2.24) is 10.2 Å². The lowest BCUT2D eigenvalue weighted by Gasteiger charge is -2.14. The minimum absolute atomic E-state index is 0.0214. The predicted molar refractivity (Wildman–Crippen MR) is 82.5 cm³/mol. The summed E-state index contributed by atoms with van der Waals surface area (Å²) in [6.45, 7) is 6.59. The lowest BCUT2D eigenvalue weighted by Crippen LogP contribution is -2.15. The third kappa shape index (κ3) is 4.63. The molecule has 0 unspecified atom stereocenters. The zero-order valence-corrected chi connectivity index (χ0v) is 12.6. The second-order valence-electron chi connectivity index (χ2n) is 5.88. The number of aromatic nitrogens is 2. The van der Waals surface area contributed by atoms with Gasteiger partial charge in [-0.2, -0.15) is 5.10 Å². The van der Waals surface area contributed by atoms with Crippen molar-refractivity contribution in [3.63, 3.8) is 0 Å². The Morgan fingerprint density at radius 1 is 1.29 bits per heavy atom. The third-order valence-corrected chi connectivity index (χ3v) is 2.99. The maximum atomic E-state index is 11.8. The molecule has 0 saturated carbocycles. The van der Waals surface area contributed by atoms with Gasteiger partial charge in [-0.1, -0.05) is 39.0 Å². The maximum Gasteiger partial charge on any atom is 0.229 e. The van der Waals surface area contributed by atoms with E-state index in [0.29, 0.717) is 12.4 Å². The van der Waals surface area contributed by atoms with Crippen LogP contribution in [0.4, 0.5) is 5.82 Å². The number of carbonyl (C=O) groups is 1. The highest BCUT2D eigenvalue weighted by molar-refractivity contribution is 5.89. The normalized spacial score (nSPS) is 11.2. The van der Waals surface area contributed by atoms with Crippen LogP contribution in [0.15, 0.2) is 36.4 Å². The highest BCUT2D eigenvalue weighted by atomic mass is 16.5. The monoisotopic (exact) mass is 287 g/mol. The number of benzene rings is 1. The Hall–Kier alpha value is -2.30. The Morgan fingerprint density at radius 2 is 2.00 bits per heavy atom. The number of aromatic amines is 1. The summed E-state index contributed by atoms with van der Waals surface area (Å²) in [4.78, 5) is 11.8. The molecule has 0 bridgehead atoms. The van der Waals surface area contributed by atoms with Gasteiger partial charge in [0.1, 0.15) is 5.75 Å². The van der Waals surface area contributed by atoms with E-state index in [4.69, 9.17) is 4.74 Å². The number of anilines is 1. The topological polar surface area (TPSA) is 67.0 Å².